The molecule has 2 amide bonds. The van der Waals surface area contributed by atoms with E-state index in [1.54, 1.807) is 64.3 Å². The zero-order valence-corrected chi connectivity index (χ0v) is 28.5. The number of carbonyl (C=O) groups excluding carboxylic acids is 2. The quantitative estimate of drug-likeness (QED) is 0.232. The fraction of sp³-hybridized carbons (Fsp3) is 0.333. The maximum absolute atomic E-state index is 14.3. The first-order valence-electron chi connectivity index (χ1n) is 15.0. The number of nitrogens with zero attached hydrogens (tertiary/aromatic N) is 6. The second kappa shape index (κ2) is 10.4. The van der Waals surface area contributed by atoms with Gasteiger partial charge in [0.25, 0.3) is 10.0 Å². The van der Waals surface area contributed by atoms with Crippen molar-refractivity contribution in [2.75, 3.05) is 25.0 Å². The molecule has 3 aromatic heterocycles. The average Bonchev–Trinajstić information content (AvgIpc) is 3.61. The minimum absolute atomic E-state index is 0.107. The highest BCUT2D eigenvalue weighted by Gasteiger charge is 2.54. The molecule has 2 aromatic carbocycles. The van der Waals surface area contributed by atoms with Gasteiger partial charge in [0.2, 0.25) is 5.91 Å². The molecule has 5 heterocycles. The fourth-order valence-corrected chi connectivity index (χ4v) is 9.36. The Morgan fingerprint density at radius 1 is 1.02 bits per heavy atom. The molecule has 0 bridgehead atoms. The standard InChI is InChI=1S/C33H33BrN6O5S/c1-32(2,3)45-31(42)39-15-13-33(14-16-39)27-24(37(4)30(33)41)19-35-29-26(27)25(20-11-12-23-21(17-20)18-36-38(23)5)28(34)40(29)46(43,44)22-9-7-6-8-10-22/h6-12,17-19H,13-16H2,1-5H3. The van der Waals surface area contributed by atoms with Crippen LogP contribution in [0.2, 0.25) is 0 Å². The van der Waals surface area contributed by atoms with Crippen LogP contribution in [0.5, 0.6) is 0 Å². The molecule has 46 heavy (non-hydrogen) atoms. The van der Waals surface area contributed by atoms with Crippen LogP contribution >= 0.6 is 15.9 Å². The van der Waals surface area contributed by atoms with Crippen LogP contribution in [0.15, 0.2) is 70.4 Å². The van der Waals surface area contributed by atoms with Gasteiger partial charge >= 0.3 is 6.09 Å². The Kier molecular flexibility index (Phi) is 6.87. The third-order valence-corrected chi connectivity index (χ3v) is 11.7. The molecule has 238 valence electrons. The van der Waals surface area contributed by atoms with E-state index in [1.165, 1.54) is 3.97 Å². The van der Waals surface area contributed by atoms with Crippen molar-refractivity contribution in [1.29, 1.82) is 0 Å². The Morgan fingerprint density at radius 3 is 2.39 bits per heavy atom. The Balaban J connectivity index is 1.49. The predicted octanol–water partition coefficient (Wildman–Crippen LogP) is 5.83. The maximum atomic E-state index is 14.3. The summed E-state index contributed by atoms with van der Waals surface area (Å²) in [6.07, 6.45) is 3.62. The second-order valence-corrected chi connectivity index (χ2v) is 15.5. The summed E-state index contributed by atoms with van der Waals surface area (Å²) < 4.78 is 37.5. The number of pyridine rings is 1. The molecule has 0 aliphatic carbocycles. The predicted molar refractivity (Wildman–Crippen MR) is 178 cm³/mol. The van der Waals surface area contributed by atoms with Gasteiger partial charge in [-0.3, -0.25) is 9.48 Å². The number of aryl methyl sites for hydroxylation is 1. The van der Waals surface area contributed by atoms with Crippen molar-refractivity contribution >= 4 is 65.6 Å². The van der Waals surface area contributed by atoms with E-state index in [1.807, 2.05) is 46.0 Å². The summed E-state index contributed by atoms with van der Waals surface area (Å²) in [5.41, 5.74) is 2.19. The largest absolute Gasteiger partial charge is 0.444 e. The van der Waals surface area contributed by atoms with Crippen molar-refractivity contribution in [2.24, 2.45) is 7.05 Å². The number of likely N-dealkylation sites (tertiary alicyclic amines) is 1. The molecule has 7 rings (SSSR count). The second-order valence-electron chi connectivity index (χ2n) is 12.9. The summed E-state index contributed by atoms with van der Waals surface area (Å²) in [5.74, 6) is -0.107. The van der Waals surface area contributed by atoms with Gasteiger partial charge in [-0.05, 0) is 79.4 Å². The SMILES string of the molecule is CN1C(=O)C2(CCN(C(=O)OC(C)(C)C)CC2)c2c1cnc1c2c(-c2ccc3c(cnn3C)c2)c(Br)n1S(=O)(=O)c1ccccc1. The average molecular weight is 706 g/mol. The highest BCUT2D eigenvalue weighted by Crippen LogP contribution is 2.54. The van der Waals surface area contributed by atoms with Gasteiger partial charge in [0.1, 0.15) is 10.2 Å². The highest BCUT2D eigenvalue weighted by atomic mass is 79.9. The molecular weight excluding hydrogens is 672 g/mol. The number of halogens is 1. The number of carbonyl (C=O) groups is 2. The van der Waals surface area contributed by atoms with Crippen molar-refractivity contribution in [3.63, 3.8) is 0 Å². The van der Waals surface area contributed by atoms with Gasteiger partial charge in [-0.25, -0.2) is 22.2 Å². The number of fused-ring (bicyclic) bond motifs is 5. The van der Waals surface area contributed by atoms with Gasteiger partial charge in [-0.2, -0.15) is 5.10 Å². The minimum Gasteiger partial charge on any atom is -0.444 e. The van der Waals surface area contributed by atoms with Crippen molar-refractivity contribution in [3.05, 3.63) is 71.1 Å². The van der Waals surface area contributed by atoms with Crippen molar-refractivity contribution < 1.29 is 22.7 Å². The molecule has 2 aliphatic rings. The summed E-state index contributed by atoms with van der Waals surface area (Å²) >= 11 is 3.70. The fourth-order valence-electron chi connectivity index (χ4n) is 6.82. The molecule has 0 saturated carbocycles. The topological polar surface area (TPSA) is 120 Å². The number of ether oxygens (including phenoxy) is 1. The molecule has 11 nitrogen and oxygen atoms in total. The highest BCUT2D eigenvalue weighted by molar-refractivity contribution is 9.10. The van der Waals surface area contributed by atoms with Gasteiger partial charge < -0.3 is 14.5 Å². The Morgan fingerprint density at radius 2 is 1.72 bits per heavy atom. The van der Waals surface area contributed by atoms with Gasteiger partial charge in [0.15, 0.2) is 5.65 Å². The molecule has 0 unspecified atom stereocenters. The normalized spacial score (nSPS) is 16.5. The van der Waals surface area contributed by atoms with E-state index >= 15 is 0 Å². The first-order chi connectivity index (χ1) is 21.7. The van der Waals surface area contributed by atoms with Crippen LogP contribution in [0.25, 0.3) is 33.1 Å². The van der Waals surface area contributed by atoms with E-state index in [-0.39, 0.29) is 16.4 Å². The molecule has 5 aromatic rings. The minimum atomic E-state index is -4.12. The molecule has 0 radical (unpaired) electrons. The zero-order valence-electron chi connectivity index (χ0n) is 26.1. The summed E-state index contributed by atoms with van der Waals surface area (Å²) in [5, 5.41) is 5.85. The lowest BCUT2D eigenvalue weighted by molar-refractivity contribution is -0.124. The van der Waals surface area contributed by atoms with Crippen LogP contribution in [0, 0.1) is 0 Å². The maximum Gasteiger partial charge on any atom is 0.410 e. The van der Waals surface area contributed by atoms with Crippen molar-refractivity contribution in [2.45, 2.75) is 49.5 Å². The molecule has 1 spiro atoms. The number of piperidine rings is 1. The summed E-state index contributed by atoms with van der Waals surface area (Å²) in [6.45, 7) is 6.07. The molecule has 1 saturated heterocycles. The van der Waals surface area contributed by atoms with Gasteiger partial charge in [0, 0.05) is 49.1 Å². The number of amides is 2. The van der Waals surface area contributed by atoms with E-state index < -0.39 is 27.1 Å². The zero-order chi connectivity index (χ0) is 32.8. The van der Waals surface area contributed by atoms with Gasteiger partial charge in [0.05, 0.1) is 33.9 Å². The first kappa shape index (κ1) is 30.4. The number of hydrogen-bond donors (Lipinski definition) is 0. The van der Waals surface area contributed by atoms with Gasteiger partial charge in [-0.15, -0.1) is 0 Å². The Hall–Kier alpha value is -4.23. The Bertz CT molecular complexity index is 2180. The number of anilines is 1. The van der Waals surface area contributed by atoms with Crippen LogP contribution in [0.1, 0.15) is 39.2 Å². The van der Waals surface area contributed by atoms with Crippen molar-refractivity contribution in [3.8, 4) is 11.1 Å². The van der Waals surface area contributed by atoms with E-state index in [0.717, 1.165) is 22.0 Å². The number of likely N-dealkylation sites (N-methyl/N-ethyl adjacent to an activating group) is 1. The third-order valence-electron chi connectivity index (χ3n) is 9.00. The number of aromatic nitrogens is 4. The van der Waals surface area contributed by atoms with Crippen LogP contribution < -0.4 is 4.90 Å². The summed E-state index contributed by atoms with van der Waals surface area (Å²) in [4.78, 5) is 35.3. The number of hydrogen-bond acceptors (Lipinski definition) is 7. The monoisotopic (exact) mass is 704 g/mol. The lowest BCUT2D eigenvalue weighted by Gasteiger charge is -2.39. The number of benzene rings is 2. The van der Waals surface area contributed by atoms with Crippen LogP contribution in [0.4, 0.5) is 10.5 Å². The third kappa shape index (κ3) is 4.46. The first-order valence-corrected chi connectivity index (χ1v) is 17.2. The van der Waals surface area contributed by atoms with E-state index in [9.17, 15) is 18.0 Å². The van der Waals surface area contributed by atoms with Gasteiger partial charge in [-0.1, -0.05) is 24.3 Å². The van der Waals surface area contributed by atoms with Crippen molar-refractivity contribution in [1.82, 2.24) is 23.6 Å². The molecule has 0 N–H and O–H groups in total. The van der Waals surface area contributed by atoms with E-state index in [2.05, 4.69) is 21.0 Å². The molecule has 2 aliphatic heterocycles. The van der Waals surface area contributed by atoms with E-state index in [0.29, 0.717) is 47.2 Å². The molecular formula is C33H33BrN6O5S. The molecule has 0 atom stereocenters. The lowest BCUT2D eigenvalue weighted by Crippen LogP contribution is -2.50. The molecule has 13 heteroatoms. The van der Waals surface area contributed by atoms with E-state index in [4.69, 9.17) is 9.72 Å². The summed E-state index contributed by atoms with van der Waals surface area (Å²) in [7, 11) is -0.540. The van der Waals surface area contributed by atoms with Crippen LogP contribution in [-0.2, 0) is 32.0 Å². The molecule has 1 fully saturated rings. The smallest absolute Gasteiger partial charge is 0.410 e. The lowest BCUT2D eigenvalue weighted by atomic mass is 9.72. The van der Waals surface area contributed by atoms with Crippen LogP contribution in [-0.4, -0.2) is 69.8 Å². The Labute approximate surface area is 274 Å². The van der Waals surface area contributed by atoms with Crippen LogP contribution in [0.3, 0.4) is 0 Å². The number of rotatable bonds is 3. The summed E-state index contributed by atoms with van der Waals surface area (Å²) in [6, 6.07) is 14.1.